The second-order valence-electron chi connectivity index (χ2n) is 6.28. The molecule has 0 saturated carbocycles. The van der Waals surface area contributed by atoms with E-state index < -0.39 is 13.3 Å². The molecule has 1 heterocycles. The molecule has 0 aliphatic carbocycles. The summed E-state index contributed by atoms with van der Waals surface area (Å²) < 4.78 is 1.64. The van der Waals surface area contributed by atoms with Gasteiger partial charge in [0.1, 0.15) is 0 Å². The maximum atomic E-state index is 4.95. The third kappa shape index (κ3) is 2.95. The van der Waals surface area contributed by atoms with Crippen LogP contribution in [0.25, 0.3) is 22.2 Å². The summed E-state index contributed by atoms with van der Waals surface area (Å²) in [6.07, 6.45) is 0. The van der Waals surface area contributed by atoms with Crippen LogP contribution in [-0.4, -0.2) is 18.3 Å². The Kier molecular flexibility index (Phi) is 4.86. The Labute approximate surface area is 142 Å². The second-order valence-corrected chi connectivity index (χ2v) is 17.2. The van der Waals surface area contributed by atoms with Crippen molar-refractivity contribution >= 4 is 28.6 Å². The first kappa shape index (κ1) is 16.3. The number of hydrogen-bond donors (Lipinski definition) is 0. The molecule has 0 spiro atoms. The predicted molar refractivity (Wildman–Crippen MR) is 104 cm³/mol. The van der Waals surface area contributed by atoms with Crippen LogP contribution in [0.15, 0.2) is 60.7 Å². The van der Waals surface area contributed by atoms with E-state index in [0.29, 0.717) is 0 Å². The average Bonchev–Trinajstić information content (AvgIpc) is 2.64. The topological polar surface area (TPSA) is 12.9 Å². The van der Waals surface area contributed by atoms with E-state index in [1.807, 2.05) is 6.07 Å². The van der Waals surface area contributed by atoms with E-state index in [4.69, 9.17) is 4.98 Å². The van der Waals surface area contributed by atoms with Gasteiger partial charge in [-0.05, 0) is 0 Å². The molecule has 2 aromatic carbocycles. The van der Waals surface area contributed by atoms with E-state index in [0.717, 1.165) is 11.2 Å². The molecule has 1 aromatic heterocycles. The Morgan fingerprint density at radius 2 is 1.43 bits per heavy atom. The van der Waals surface area contributed by atoms with Gasteiger partial charge >= 0.3 is 142 Å². The van der Waals surface area contributed by atoms with Crippen LogP contribution in [0.4, 0.5) is 0 Å². The van der Waals surface area contributed by atoms with E-state index in [1.165, 1.54) is 26.7 Å². The molecule has 0 aliphatic heterocycles. The zero-order valence-corrected chi connectivity index (χ0v) is 16.4. The third-order valence-corrected chi connectivity index (χ3v) is 17.2. The van der Waals surface area contributed by atoms with E-state index >= 15 is 0 Å². The molecule has 3 aromatic rings. The quantitative estimate of drug-likeness (QED) is 0.536. The molecule has 118 valence electrons. The Balaban J connectivity index is 2.17. The molecule has 0 unspecified atom stereocenters. The van der Waals surface area contributed by atoms with Crippen LogP contribution in [0.3, 0.4) is 0 Å². The van der Waals surface area contributed by atoms with Gasteiger partial charge in [-0.25, -0.2) is 0 Å². The van der Waals surface area contributed by atoms with Crippen LogP contribution < -0.4 is 4.40 Å². The summed E-state index contributed by atoms with van der Waals surface area (Å²) in [4.78, 5) is 4.95. The number of hydrogen-bond acceptors (Lipinski definition) is 1. The van der Waals surface area contributed by atoms with Crippen LogP contribution in [0, 0.1) is 0 Å². The standard InChI is InChI=1S/C21H25GeN/c1-4-22(5-2,6-3)19-13-10-14-21-18(19)15-16-20(23-21)17-11-8-7-9-12-17/h7-16H,4-6H2,1-3H3. The number of pyridine rings is 1. The van der Waals surface area contributed by atoms with E-state index in [1.54, 1.807) is 4.40 Å². The Morgan fingerprint density at radius 1 is 0.739 bits per heavy atom. The van der Waals surface area contributed by atoms with Gasteiger partial charge in [0.15, 0.2) is 0 Å². The normalized spacial score (nSPS) is 11.8. The number of aromatic nitrogens is 1. The summed E-state index contributed by atoms with van der Waals surface area (Å²) >= 11 is -1.97. The first-order valence-corrected chi connectivity index (χ1v) is 14.2. The van der Waals surface area contributed by atoms with Gasteiger partial charge in [-0.1, -0.05) is 0 Å². The van der Waals surface area contributed by atoms with Crippen molar-refractivity contribution in [3.63, 3.8) is 0 Å². The monoisotopic (exact) mass is 365 g/mol. The molecule has 0 fully saturated rings. The fourth-order valence-electron chi connectivity index (χ4n) is 3.71. The third-order valence-electron chi connectivity index (χ3n) is 5.40. The van der Waals surface area contributed by atoms with Crippen molar-refractivity contribution in [2.24, 2.45) is 0 Å². The molecule has 0 atom stereocenters. The number of nitrogens with zero attached hydrogens (tertiary/aromatic N) is 1. The van der Waals surface area contributed by atoms with E-state index in [2.05, 4.69) is 75.4 Å². The molecule has 0 radical (unpaired) electrons. The van der Waals surface area contributed by atoms with Gasteiger partial charge in [0.2, 0.25) is 0 Å². The van der Waals surface area contributed by atoms with Crippen molar-refractivity contribution in [1.29, 1.82) is 0 Å². The second kappa shape index (κ2) is 6.88. The fourth-order valence-corrected chi connectivity index (χ4v) is 11.8. The maximum absolute atomic E-state index is 4.95. The molecule has 3 rings (SSSR count). The summed E-state index contributed by atoms with van der Waals surface area (Å²) in [5.74, 6) is 0. The van der Waals surface area contributed by atoms with E-state index in [-0.39, 0.29) is 0 Å². The van der Waals surface area contributed by atoms with Crippen LogP contribution >= 0.6 is 0 Å². The van der Waals surface area contributed by atoms with E-state index in [9.17, 15) is 0 Å². The summed E-state index contributed by atoms with van der Waals surface area (Å²) in [5.41, 5.74) is 3.40. The predicted octanol–water partition coefficient (Wildman–Crippen LogP) is 5.62. The summed E-state index contributed by atoms with van der Waals surface area (Å²) in [6, 6.07) is 21.7. The van der Waals surface area contributed by atoms with Crippen molar-refractivity contribution in [3.05, 3.63) is 60.7 Å². The number of rotatable bonds is 5. The molecular formula is C21H25GeN. The number of fused-ring (bicyclic) bond motifs is 1. The Morgan fingerprint density at radius 3 is 2.09 bits per heavy atom. The Hall–Kier alpha value is -1.61. The molecular weight excluding hydrogens is 339 g/mol. The summed E-state index contributed by atoms with van der Waals surface area (Å²) in [5, 5.41) is 5.45. The minimum absolute atomic E-state index is 1.07. The zero-order valence-electron chi connectivity index (χ0n) is 14.3. The van der Waals surface area contributed by atoms with Crippen molar-refractivity contribution < 1.29 is 0 Å². The van der Waals surface area contributed by atoms with Crippen molar-refractivity contribution in [2.45, 2.75) is 36.5 Å². The van der Waals surface area contributed by atoms with Gasteiger partial charge < -0.3 is 0 Å². The SMILES string of the molecule is C[CH2][Ge]([CH2]C)([CH2]C)[c]1cccc2nc(-c3ccccc3)ccc12. The summed E-state index contributed by atoms with van der Waals surface area (Å²) in [7, 11) is 0. The van der Waals surface area contributed by atoms with Gasteiger partial charge in [0.25, 0.3) is 0 Å². The number of benzene rings is 2. The van der Waals surface area contributed by atoms with Crippen LogP contribution in [-0.2, 0) is 0 Å². The fraction of sp³-hybridized carbons (Fsp3) is 0.286. The van der Waals surface area contributed by atoms with Crippen molar-refractivity contribution in [1.82, 2.24) is 4.98 Å². The Bertz CT molecular complexity index is 783. The van der Waals surface area contributed by atoms with Crippen molar-refractivity contribution in [3.8, 4) is 11.3 Å². The minimum atomic E-state index is -1.97. The van der Waals surface area contributed by atoms with Crippen LogP contribution in [0.2, 0.25) is 15.8 Å². The van der Waals surface area contributed by atoms with Gasteiger partial charge in [-0.15, -0.1) is 0 Å². The molecule has 23 heavy (non-hydrogen) atoms. The first-order valence-electron chi connectivity index (χ1n) is 8.69. The van der Waals surface area contributed by atoms with Gasteiger partial charge in [-0.2, -0.15) is 0 Å². The molecule has 0 bridgehead atoms. The zero-order chi connectivity index (χ0) is 16.3. The molecule has 1 nitrogen and oxygen atoms in total. The first-order chi connectivity index (χ1) is 11.2. The van der Waals surface area contributed by atoms with Crippen LogP contribution in [0.5, 0.6) is 0 Å². The molecule has 0 aliphatic rings. The molecule has 0 saturated heterocycles. The average molecular weight is 364 g/mol. The van der Waals surface area contributed by atoms with Gasteiger partial charge in [0.05, 0.1) is 0 Å². The molecule has 0 N–H and O–H groups in total. The summed E-state index contributed by atoms with van der Waals surface area (Å²) in [6.45, 7) is 7.16. The molecule has 2 heteroatoms. The van der Waals surface area contributed by atoms with Crippen LogP contribution in [0.1, 0.15) is 20.8 Å². The van der Waals surface area contributed by atoms with Gasteiger partial charge in [-0.3, -0.25) is 0 Å². The van der Waals surface area contributed by atoms with Gasteiger partial charge in [0, 0.05) is 0 Å². The van der Waals surface area contributed by atoms with Crippen molar-refractivity contribution in [2.75, 3.05) is 0 Å². The molecule has 0 amide bonds.